The third-order valence-electron chi connectivity index (χ3n) is 4.41. The predicted octanol–water partition coefficient (Wildman–Crippen LogP) is 4.66. The fraction of sp³-hybridized carbons (Fsp3) is 0.0435. The Labute approximate surface area is 156 Å². The van der Waals surface area contributed by atoms with Crippen LogP contribution in [0.2, 0.25) is 0 Å². The highest BCUT2D eigenvalue weighted by Gasteiger charge is 2.13. The molecule has 0 aliphatic carbocycles. The molecule has 0 saturated heterocycles. The number of benzene rings is 3. The van der Waals surface area contributed by atoms with Crippen LogP contribution < -0.4 is 4.74 Å². The zero-order chi connectivity index (χ0) is 18.6. The van der Waals surface area contributed by atoms with E-state index in [1.807, 2.05) is 42.5 Å². The van der Waals surface area contributed by atoms with Crippen LogP contribution in [-0.2, 0) is 0 Å². The molecular formula is C23H17NO3. The second-order valence-corrected chi connectivity index (χ2v) is 6.18. The first-order chi connectivity index (χ1) is 13.2. The number of Topliss-reactive ketones (excluding diaryl/α,β-unsaturated/α-hetero) is 1. The molecule has 0 aliphatic heterocycles. The Kier molecular flexibility index (Phi) is 4.54. The summed E-state index contributed by atoms with van der Waals surface area (Å²) in [6.07, 6.45) is 1.71. The Hall–Kier alpha value is -3.66. The lowest BCUT2D eigenvalue weighted by atomic mass is 10.0. The van der Waals surface area contributed by atoms with Crippen LogP contribution in [0.1, 0.15) is 26.3 Å². The lowest BCUT2D eigenvalue weighted by Gasteiger charge is -2.06. The van der Waals surface area contributed by atoms with E-state index >= 15 is 0 Å². The van der Waals surface area contributed by atoms with Crippen molar-refractivity contribution in [2.45, 2.75) is 0 Å². The molecule has 4 rings (SSSR count). The lowest BCUT2D eigenvalue weighted by molar-refractivity contribution is 0.0922. The summed E-state index contributed by atoms with van der Waals surface area (Å²) in [5.41, 5.74) is 2.75. The summed E-state index contributed by atoms with van der Waals surface area (Å²) >= 11 is 0. The Morgan fingerprint density at radius 1 is 0.778 bits per heavy atom. The fourth-order valence-corrected chi connectivity index (χ4v) is 2.99. The number of H-pyrrole nitrogens is 1. The highest BCUT2D eigenvalue weighted by Crippen LogP contribution is 2.19. The number of aromatic nitrogens is 1. The fourth-order valence-electron chi connectivity index (χ4n) is 2.99. The van der Waals surface area contributed by atoms with Crippen LogP contribution in [0.3, 0.4) is 0 Å². The third kappa shape index (κ3) is 3.51. The number of ketones is 2. The first kappa shape index (κ1) is 16.8. The molecule has 27 heavy (non-hydrogen) atoms. The smallest absolute Gasteiger partial charge is 0.202 e. The van der Waals surface area contributed by atoms with Crippen molar-refractivity contribution >= 4 is 22.5 Å². The van der Waals surface area contributed by atoms with Crippen molar-refractivity contribution in [1.82, 2.24) is 4.98 Å². The molecule has 0 atom stereocenters. The minimum atomic E-state index is -0.100. The van der Waals surface area contributed by atoms with Crippen LogP contribution in [0.15, 0.2) is 85.1 Å². The van der Waals surface area contributed by atoms with E-state index in [0.717, 1.165) is 10.9 Å². The SMILES string of the molecule is O=C(c1ccccc1)c1ccc(OCC(=O)c2c[nH]c3ccccc23)cc1. The first-order valence-electron chi connectivity index (χ1n) is 8.64. The molecule has 0 bridgehead atoms. The predicted molar refractivity (Wildman–Crippen MR) is 104 cm³/mol. The minimum Gasteiger partial charge on any atom is -0.485 e. The van der Waals surface area contributed by atoms with E-state index in [9.17, 15) is 9.59 Å². The van der Waals surface area contributed by atoms with Crippen LogP contribution in [0.5, 0.6) is 5.75 Å². The standard InChI is InChI=1S/C23H17NO3/c25-22(20-14-24-21-9-5-4-8-19(20)21)15-27-18-12-10-17(11-13-18)23(26)16-6-2-1-3-7-16/h1-14,24H,15H2. The number of ether oxygens (including phenoxy) is 1. The summed E-state index contributed by atoms with van der Waals surface area (Å²) in [7, 11) is 0. The molecule has 0 spiro atoms. The summed E-state index contributed by atoms with van der Waals surface area (Å²) in [4.78, 5) is 27.9. The molecule has 0 radical (unpaired) electrons. The van der Waals surface area contributed by atoms with Crippen molar-refractivity contribution < 1.29 is 14.3 Å². The van der Waals surface area contributed by atoms with Crippen molar-refractivity contribution in [1.29, 1.82) is 0 Å². The van der Waals surface area contributed by atoms with Crippen molar-refractivity contribution in [3.05, 3.63) is 102 Å². The summed E-state index contributed by atoms with van der Waals surface area (Å²) in [6, 6.07) is 23.6. The Bertz CT molecular complexity index is 1100. The van der Waals surface area contributed by atoms with Gasteiger partial charge in [-0.1, -0.05) is 48.5 Å². The summed E-state index contributed by atoms with van der Waals surface area (Å²) in [5, 5.41) is 0.884. The quantitative estimate of drug-likeness (QED) is 0.512. The van der Waals surface area contributed by atoms with Crippen molar-refractivity contribution in [3.63, 3.8) is 0 Å². The Morgan fingerprint density at radius 2 is 1.44 bits per heavy atom. The monoisotopic (exact) mass is 355 g/mol. The van der Waals surface area contributed by atoms with Gasteiger partial charge in [0, 0.05) is 33.8 Å². The van der Waals surface area contributed by atoms with Gasteiger partial charge in [0.15, 0.2) is 12.4 Å². The molecule has 132 valence electrons. The number of carbonyl (C=O) groups is 2. The molecule has 3 aromatic carbocycles. The van der Waals surface area contributed by atoms with E-state index in [1.165, 1.54) is 0 Å². The van der Waals surface area contributed by atoms with Gasteiger partial charge in [0.05, 0.1) is 0 Å². The molecule has 0 unspecified atom stereocenters. The van der Waals surface area contributed by atoms with Gasteiger partial charge in [0.1, 0.15) is 5.75 Å². The maximum atomic E-state index is 12.5. The molecule has 4 heteroatoms. The van der Waals surface area contributed by atoms with Gasteiger partial charge in [-0.3, -0.25) is 9.59 Å². The summed E-state index contributed by atoms with van der Waals surface area (Å²) in [6.45, 7) is -0.0617. The topological polar surface area (TPSA) is 59.2 Å². The van der Waals surface area contributed by atoms with Gasteiger partial charge in [-0.25, -0.2) is 0 Å². The summed E-state index contributed by atoms with van der Waals surface area (Å²) < 4.78 is 5.61. The molecule has 1 heterocycles. The van der Waals surface area contributed by atoms with Gasteiger partial charge in [-0.05, 0) is 30.3 Å². The highest BCUT2D eigenvalue weighted by molar-refractivity contribution is 6.09. The number of fused-ring (bicyclic) bond motifs is 1. The number of carbonyl (C=O) groups excluding carboxylic acids is 2. The molecule has 0 saturated carbocycles. The second-order valence-electron chi connectivity index (χ2n) is 6.18. The van der Waals surface area contributed by atoms with E-state index in [1.54, 1.807) is 42.6 Å². The molecule has 1 N–H and O–H groups in total. The van der Waals surface area contributed by atoms with Crippen LogP contribution in [-0.4, -0.2) is 23.2 Å². The number of hydrogen-bond donors (Lipinski definition) is 1. The zero-order valence-electron chi connectivity index (χ0n) is 14.5. The largest absolute Gasteiger partial charge is 0.485 e. The van der Waals surface area contributed by atoms with E-state index in [2.05, 4.69) is 4.98 Å². The van der Waals surface area contributed by atoms with Gasteiger partial charge < -0.3 is 9.72 Å². The van der Waals surface area contributed by atoms with Gasteiger partial charge >= 0.3 is 0 Å². The first-order valence-corrected chi connectivity index (χ1v) is 8.64. The number of rotatable bonds is 6. The molecule has 1 aromatic heterocycles. The lowest BCUT2D eigenvalue weighted by Crippen LogP contribution is -2.11. The average Bonchev–Trinajstić information content (AvgIpc) is 3.17. The van der Waals surface area contributed by atoms with E-state index in [-0.39, 0.29) is 18.2 Å². The van der Waals surface area contributed by atoms with Gasteiger partial charge in [0.25, 0.3) is 0 Å². The Balaban J connectivity index is 1.43. The van der Waals surface area contributed by atoms with Crippen LogP contribution in [0.4, 0.5) is 0 Å². The molecule has 4 nitrogen and oxygen atoms in total. The van der Waals surface area contributed by atoms with Crippen LogP contribution in [0, 0.1) is 0 Å². The number of aromatic amines is 1. The normalized spacial score (nSPS) is 10.7. The van der Waals surface area contributed by atoms with Crippen LogP contribution in [0.25, 0.3) is 10.9 Å². The van der Waals surface area contributed by atoms with E-state index in [0.29, 0.717) is 22.4 Å². The Morgan fingerprint density at radius 3 is 2.22 bits per heavy atom. The molecule has 4 aromatic rings. The molecule has 0 aliphatic rings. The third-order valence-corrected chi connectivity index (χ3v) is 4.41. The van der Waals surface area contributed by atoms with Crippen molar-refractivity contribution in [2.24, 2.45) is 0 Å². The summed E-state index contributed by atoms with van der Waals surface area (Å²) in [5.74, 6) is 0.404. The number of nitrogens with one attached hydrogen (secondary N) is 1. The van der Waals surface area contributed by atoms with Gasteiger partial charge in [-0.2, -0.15) is 0 Å². The van der Waals surface area contributed by atoms with Crippen LogP contribution >= 0.6 is 0 Å². The zero-order valence-corrected chi connectivity index (χ0v) is 14.5. The maximum Gasteiger partial charge on any atom is 0.202 e. The molecule has 0 amide bonds. The second kappa shape index (κ2) is 7.30. The molecular weight excluding hydrogens is 338 g/mol. The molecule has 0 fully saturated rings. The highest BCUT2D eigenvalue weighted by atomic mass is 16.5. The minimum absolute atomic E-state index is 0.0444. The number of hydrogen-bond acceptors (Lipinski definition) is 3. The van der Waals surface area contributed by atoms with E-state index < -0.39 is 0 Å². The van der Waals surface area contributed by atoms with Crippen molar-refractivity contribution in [2.75, 3.05) is 6.61 Å². The van der Waals surface area contributed by atoms with Gasteiger partial charge in [-0.15, -0.1) is 0 Å². The number of para-hydroxylation sites is 1. The van der Waals surface area contributed by atoms with Crippen molar-refractivity contribution in [3.8, 4) is 5.75 Å². The maximum absolute atomic E-state index is 12.5. The van der Waals surface area contributed by atoms with E-state index in [4.69, 9.17) is 4.74 Å². The average molecular weight is 355 g/mol. The van der Waals surface area contributed by atoms with Gasteiger partial charge in [0.2, 0.25) is 5.78 Å².